The Morgan fingerprint density at radius 2 is 1.77 bits per heavy atom. The van der Waals surface area contributed by atoms with Gasteiger partial charge in [-0.25, -0.2) is 0 Å². The van der Waals surface area contributed by atoms with Gasteiger partial charge in [0.1, 0.15) is 11.5 Å². The van der Waals surface area contributed by atoms with Crippen molar-refractivity contribution in [1.82, 2.24) is 0 Å². The number of ether oxygens (including phenoxy) is 2. The van der Waals surface area contributed by atoms with E-state index in [4.69, 9.17) is 4.74 Å². The monoisotopic (exact) mass is 367 g/mol. The van der Waals surface area contributed by atoms with Crippen LogP contribution in [-0.2, 0) is 4.79 Å². The summed E-state index contributed by atoms with van der Waals surface area (Å²) in [5.41, 5.74) is 2.36. The van der Waals surface area contributed by atoms with E-state index in [9.17, 15) is 18.0 Å². The first-order valence-corrected chi connectivity index (χ1v) is 8.09. The zero-order valence-electron chi connectivity index (χ0n) is 14.7. The van der Waals surface area contributed by atoms with Gasteiger partial charge in [0.15, 0.2) is 6.10 Å². The molecule has 0 aliphatic carbocycles. The molecule has 26 heavy (non-hydrogen) atoms. The van der Waals surface area contributed by atoms with E-state index in [1.54, 1.807) is 6.07 Å². The van der Waals surface area contributed by atoms with Crippen LogP contribution >= 0.6 is 0 Å². The Kier molecular flexibility index (Phi) is 6.13. The highest BCUT2D eigenvalue weighted by Crippen LogP contribution is 2.25. The number of halogens is 3. The molecule has 2 rings (SSSR count). The maximum absolute atomic E-state index is 12.4. The second kappa shape index (κ2) is 8.12. The molecule has 7 heteroatoms. The molecule has 1 atom stereocenters. The summed E-state index contributed by atoms with van der Waals surface area (Å²) in [4.78, 5) is 12.4. The Balaban J connectivity index is 2.03. The van der Waals surface area contributed by atoms with Gasteiger partial charge in [0.2, 0.25) is 0 Å². The Morgan fingerprint density at radius 1 is 1.12 bits per heavy atom. The van der Waals surface area contributed by atoms with Crippen molar-refractivity contribution < 1.29 is 27.4 Å². The smallest absolute Gasteiger partial charge is 0.480 e. The molecule has 2 aromatic carbocycles. The highest BCUT2D eigenvalue weighted by Gasteiger charge is 2.31. The molecule has 1 amide bonds. The van der Waals surface area contributed by atoms with Gasteiger partial charge in [-0.3, -0.25) is 4.79 Å². The summed E-state index contributed by atoms with van der Waals surface area (Å²) in [7, 11) is 0. The zero-order valence-corrected chi connectivity index (χ0v) is 14.7. The van der Waals surface area contributed by atoms with Crippen molar-refractivity contribution in [2.75, 3.05) is 5.32 Å². The predicted octanol–water partition coefficient (Wildman–Crippen LogP) is 5.00. The zero-order chi connectivity index (χ0) is 19.3. The first-order valence-electron chi connectivity index (χ1n) is 8.09. The molecular formula is C19H20F3NO3. The van der Waals surface area contributed by atoms with Crippen LogP contribution in [0.3, 0.4) is 0 Å². The molecule has 2 aromatic rings. The fraction of sp³-hybridized carbons (Fsp3) is 0.316. The summed E-state index contributed by atoms with van der Waals surface area (Å²) in [6.07, 6.45) is -5.03. The van der Waals surface area contributed by atoms with Crippen molar-refractivity contribution >= 4 is 11.6 Å². The Bertz CT molecular complexity index is 758. The number of hydrogen-bond donors (Lipinski definition) is 1. The average Bonchev–Trinajstić information content (AvgIpc) is 2.56. The largest absolute Gasteiger partial charge is 0.573 e. The van der Waals surface area contributed by atoms with Gasteiger partial charge >= 0.3 is 6.36 Å². The van der Waals surface area contributed by atoms with E-state index in [0.717, 1.165) is 23.3 Å². The molecule has 0 radical (unpaired) electrons. The number of amides is 1. The van der Waals surface area contributed by atoms with Crippen LogP contribution < -0.4 is 14.8 Å². The van der Waals surface area contributed by atoms with Crippen molar-refractivity contribution in [3.05, 3.63) is 53.6 Å². The van der Waals surface area contributed by atoms with Gasteiger partial charge in [-0.2, -0.15) is 0 Å². The molecule has 4 nitrogen and oxygen atoms in total. The highest BCUT2D eigenvalue weighted by atomic mass is 19.4. The maximum atomic E-state index is 12.4. The van der Waals surface area contributed by atoms with Crippen molar-refractivity contribution in [3.63, 3.8) is 0 Å². The van der Waals surface area contributed by atoms with Gasteiger partial charge in [-0.1, -0.05) is 19.1 Å². The molecule has 0 heterocycles. The fourth-order valence-corrected chi connectivity index (χ4v) is 2.29. The normalized spacial score (nSPS) is 12.4. The Labute approximate surface area is 149 Å². The first kappa shape index (κ1) is 19.6. The average molecular weight is 367 g/mol. The van der Waals surface area contributed by atoms with E-state index < -0.39 is 12.5 Å². The lowest BCUT2D eigenvalue weighted by Crippen LogP contribution is -2.32. The van der Waals surface area contributed by atoms with Crippen LogP contribution in [0.15, 0.2) is 42.5 Å². The van der Waals surface area contributed by atoms with E-state index in [1.165, 1.54) is 12.1 Å². The quantitative estimate of drug-likeness (QED) is 0.782. The molecule has 0 aliphatic heterocycles. The minimum absolute atomic E-state index is 0.353. The number of hydrogen-bond acceptors (Lipinski definition) is 3. The lowest BCUT2D eigenvalue weighted by atomic mass is 10.1. The van der Waals surface area contributed by atoms with E-state index in [2.05, 4.69) is 10.1 Å². The Hall–Kier alpha value is -2.70. The van der Waals surface area contributed by atoms with Crippen LogP contribution in [-0.4, -0.2) is 18.4 Å². The molecule has 140 valence electrons. The van der Waals surface area contributed by atoms with Gasteiger partial charge < -0.3 is 14.8 Å². The summed E-state index contributed by atoms with van der Waals surface area (Å²) in [5, 5.41) is 2.64. The predicted molar refractivity (Wildman–Crippen MR) is 92.4 cm³/mol. The van der Waals surface area contributed by atoms with E-state index >= 15 is 0 Å². The molecule has 0 unspecified atom stereocenters. The standard InChI is InChI=1S/C19H20F3NO3/c1-4-16(25-17-7-5-6-12(2)13(17)3)18(24)23-14-8-10-15(11-9-14)26-19(20,21)22/h5-11,16H,4H2,1-3H3,(H,23,24)/t16-/m0/s1. The number of benzene rings is 2. The number of carbonyl (C=O) groups excluding carboxylic acids is 1. The van der Waals surface area contributed by atoms with Gasteiger partial charge in [0, 0.05) is 5.69 Å². The number of rotatable bonds is 6. The molecule has 0 spiro atoms. The topological polar surface area (TPSA) is 47.6 Å². The number of anilines is 1. The molecule has 0 aliphatic rings. The van der Waals surface area contributed by atoms with Gasteiger partial charge in [0.25, 0.3) is 5.91 Å². The number of nitrogens with one attached hydrogen (secondary N) is 1. The SMILES string of the molecule is CC[C@H](Oc1cccc(C)c1C)C(=O)Nc1ccc(OC(F)(F)F)cc1. The third-order valence-electron chi connectivity index (χ3n) is 3.84. The molecule has 0 bridgehead atoms. The van der Waals surface area contributed by atoms with Gasteiger partial charge in [-0.15, -0.1) is 13.2 Å². The van der Waals surface area contributed by atoms with E-state index in [-0.39, 0.29) is 11.7 Å². The van der Waals surface area contributed by atoms with Crippen LogP contribution in [0.2, 0.25) is 0 Å². The summed E-state index contributed by atoms with van der Waals surface area (Å²) >= 11 is 0. The second-order valence-corrected chi connectivity index (χ2v) is 5.77. The van der Waals surface area contributed by atoms with Crippen molar-refractivity contribution in [3.8, 4) is 11.5 Å². The minimum Gasteiger partial charge on any atom is -0.480 e. The third-order valence-corrected chi connectivity index (χ3v) is 3.84. The summed E-state index contributed by atoms with van der Waals surface area (Å²) in [6.45, 7) is 5.68. The third kappa shape index (κ3) is 5.40. The summed E-state index contributed by atoms with van der Waals surface area (Å²) in [6, 6.07) is 10.5. The lowest BCUT2D eigenvalue weighted by molar-refractivity contribution is -0.274. The van der Waals surface area contributed by atoms with Crippen LogP contribution in [0.5, 0.6) is 11.5 Å². The van der Waals surface area contributed by atoms with E-state index in [1.807, 2.05) is 32.9 Å². The first-order chi connectivity index (χ1) is 12.2. The van der Waals surface area contributed by atoms with E-state index in [0.29, 0.717) is 17.9 Å². The van der Waals surface area contributed by atoms with Gasteiger partial charge in [0.05, 0.1) is 0 Å². The maximum Gasteiger partial charge on any atom is 0.573 e. The molecule has 0 saturated heterocycles. The number of carbonyl (C=O) groups is 1. The number of aryl methyl sites for hydroxylation is 1. The van der Waals surface area contributed by atoms with Crippen molar-refractivity contribution in [2.45, 2.75) is 39.7 Å². The molecule has 0 fully saturated rings. The highest BCUT2D eigenvalue weighted by molar-refractivity contribution is 5.94. The fourth-order valence-electron chi connectivity index (χ4n) is 2.29. The van der Waals surface area contributed by atoms with Gasteiger partial charge in [-0.05, 0) is 61.7 Å². The second-order valence-electron chi connectivity index (χ2n) is 5.77. The van der Waals surface area contributed by atoms with Crippen LogP contribution in [0.4, 0.5) is 18.9 Å². The summed E-state index contributed by atoms with van der Waals surface area (Å²) in [5.74, 6) is -0.104. The van der Waals surface area contributed by atoms with Crippen LogP contribution in [0.1, 0.15) is 24.5 Å². The minimum atomic E-state index is -4.75. The number of alkyl halides is 3. The van der Waals surface area contributed by atoms with Crippen LogP contribution in [0, 0.1) is 13.8 Å². The molecule has 1 N–H and O–H groups in total. The summed E-state index contributed by atoms with van der Waals surface area (Å²) < 4.78 is 46.1. The van der Waals surface area contributed by atoms with Crippen molar-refractivity contribution in [1.29, 1.82) is 0 Å². The van der Waals surface area contributed by atoms with Crippen LogP contribution in [0.25, 0.3) is 0 Å². The lowest BCUT2D eigenvalue weighted by Gasteiger charge is -2.19. The Morgan fingerprint density at radius 3 is 2.35 bits per heavy atom. The molecule has 0 aromatic heterocycles. The molecule has 0 saturated carbocycles. The molecular weight excluding hydrogens is 347 g/mol. The van der Waals surface area contributed by atoms with Crippen molar-refractivity contribution in [2.24, 2.45) is 0 Å².